The maximum absolute atomic E-state index is 12.1. The van der Waals surface area contributed by atoms with Crippen molar-refractivity contribution in [3.63, 3.8) is 0 Å². The van der Waals surface area contributed by atoms with Crippen LogP contribution in [0.5, 0.6) is 0 Å². The number of ether oxygens (including phenoxy) is 1. The number of nitrogens with two attached hydrogens (primary N) is 1. The molecule has 1 atom stereocenters. The number of aliphatic imine (C=N–C) groups is 1. The van der Waals surface area contributed by atoms with Gasteiger partial charge in [0.2, 0.25) is 5.91 Å². The lowest BCUT2D eigenvalue weighted by molar-refractivity contribution is -0.115. The predicted molar refractivity (Wildman–Crippen MR) is 99.9 cm³/mol. The van der Waals surface area contributed by atoms with E-state index in [1.807, 2.05) is 36.4 Å². The number of nitrogens with one attached hydrogen (secondary N) is 1. The molecule has 1 heterocycles. The highest BCUT2D eigenvalue weighted by Gasteiger charge is 2.16. The zero-order chi connectivity index (χ0) is 17.6. The number of hydrogen-bond donors (Lipinski definition) is 2. The fraction of sp³-hybridized carbons (Fsp3) is 0.263. The number of amides is 1. The Hall–Kier alpha value is -2.53. The molecule has 3 rings (SSSR count). The molecular weight excluding hydrogens is 338 g/mol. The molecule has 0 aromatic heterocycles. The highest BCUT2D eigenvalue weighted by molar-refractivity contribution is 6.30. The Labute approximate surface area is 151 Å². The van der Waals surface area contributed by atoms with E-state index in [1.54, 1.807) is 12.1 Å². The number of carbonyl (C=O) groups is 1. The summed E-state index contributed by atoms with van der Waals surface area (Å²) in [6, 6.07) is 15.6. The molecule has 1 unspecified atom stereocenters. The van der Waals surface area contributed by atoms with E-state index in [0.29, 0.717) is 18.1 Å². The Bertz CT molecular complexity index is 757. The molecule has 0 saturated heterocycles. The van der Waals surface area contributed by atoms with E-state index in [2.05, 4.69) is 10.3 Å². The standard InChI is InChI=1S/C19H20ClN3O2/c20-15-6-1-14(2-7-15)11-18(24)22-16-8-3-13(4-9-16)5-10-17-12-25-19(21)23-17/h1-4,6-9,17H,5,10-12H2,(H2,21,23)(H,22,24). The van der Waals surface area contributed by atoms with Gasteiger partial charge >= 0.3 is 0 Å². The van der Waals surface area contributed by atoms with E-state index < -0.39 is 0 Å². The molecule has 0 radical (unpaired) electrons. The number of benzene rings is 2. The van der Waals surface area contributed by atoms with Crippen molar-refractivity contribution in [3.8, 4) is 0 Å². The van der Waals surface area contributed by atoms with Gasteiger partial charge in [0, 0.05) is 10.7 Å². The summed E-state index contributed by atoms with van der Waals surface area (Å²) in [7, 11) is 0. The quantitative estimate of drug-likeness (QED) is 0.833. The summed E-state index contributed by atoms with van der Waals surface area (Å²) in [5.41, 5.74) is 8.41. The maximum Gasteiger partial charge on any atom is 0.282 e. The van der Waals surface area contributed by atoms with Gasteiger partial charge in [0.25, 0.3) is 6.02 Å². The van der Waals surface area contributed by atoms with Gasteiger partial charge in [0.05, 0.1) is 12.5 Å². The van der Waals surface area contributed by atoms with E-state index in [9.17, 15) is 4.79 Å². The van der Waals surface area contributed by atoms with Gasteiger partial charge < -0.3 is 15.8 Å². The minimum absolute atomic E-state index is 0.0528. The monoisotopic (exact) mass is 357 g/mol. The van der Waals surface area contributed by atoms with E-state index in [1.165, 1.54) is 5.56 Å². The minimum Gasteiger partial charge on any atom is -0.463 e. The first-order valence-corrected chi connectivity index (χ1v) is 8.55. The van der Waals surface area contributed by atoms with Crippen molar-refractivity contribution in [3.05, 3.63) is 64.7 Å². The SMILES string of the molecule is NC1=NC(CCc2ccc(NC(=O)Cc3ccc(Cl)cc3)cc2)CO1. The topological polar surface area (TPSA) is 76.7 Å². The normalized spacial score (nSPS) is 16.2. The highest BCUT2D eigenvalue weighted by atomic mass is 35.5. The Kier molecular flexibility index (Phi) is 5.56. The van der Waals surface area contributed by atoms with Gasteiger partial charge in [-0.05, 0) is 48.2 Å². The first-order valence-electron chi connectivity index (χ1n) is 8.18. The predicted octanol–water partition coefficient (Wildman–Crippen LogP) is 3.17. The first kappa shape index (κ1) is 17.3. The molecule has 1 aliphatic heterocycles. The zero-order valence-electron chi connectivity index (χ0n) is 13.7. The van der Waals surface area contributed by atoms with Crippen LogP contribution >= 0.6 is 11.6 Å². The fourth-order valence-corrected chi connectivity index (χ4v) is 2.79. The van der Waals surface area contributed by atoms with Crippen molar-refractivity contribution in [2.75, 3.05) is 11.9 Å². The van der Waals surface area contributed by atoms with Crippen molar-refractivity contribution in [2.45, 2.75) is 25.3 Å². The van der Waals surface area contributed by atoms with Crippen molar-refractivity contribution in [2.24, 2.45) is 10.7 Å². The van der Waals surface area contributed by atoms with Gasteiger partial charge in [-0.3, -0.25) is 4.79 Å². The molecular formula is C19H20ClN3O2. The van der Waals surface area contributed by atoms with Crippen molar-refractivity contribution < 1.29 is 9.53 Å². The van der Waals surface area contributed by atoms with Gasteiger partial charge in [-0.15, -0.1) is 0 Å². The zero-order valence-corrected chi connectivity index (χ0v) is 14.5. The van der Waals surface area contributed by atoms with Crippen LogP contribution in [0.2, 0.25) is 5.02 Å². The number of nitrogens with zero attached hydrogens (tertiary/aromatic N) is 1. The third-order valence-electron chi connectivity index (χ3n) is 4.02. The van der Waals surface area contributed by atoms with E-state index in [0.717, 1.165) is 24.1 Å². The van der Waals surface area contributed by atoms with Gasteiger partial charge in [-0.25, -0.2) is 4.99 Å². The maximum atomic E-state index is 12.1. The molecule has 0 spiro atoms. The number of amidine groups is 1. The second-order valence-corrected chi connectivity index (χ2v) is 6.46. The van der Waals surface area contributed by atoms with Crippen molar-refractivity contribution >= 4 is 29.2 Å². The van der Waals surface area contributed by atoms with Crippen LogP contribution in [0, 0.1) is 0 Å². The molecule has 130 valence electrons. The summed E-state index contributed by atoms with van der Waals surface area (Å²) in [4.78, 5) is 16.3. The van der Waals surface area contributed by atoms with Crippen LogP contribution in [0.1, 0.15) is 17.5 Å². The van der Waals surface area contributed by atoms with Crippen LogP contribution in [-0.2, 0) is 22.4 Å². The summed E-state index contributed by atoms with van der Waals surface area (Å²) < 4.78 is 5.15. The smallest absolute Gasteiger partial charge is 0.282 e. The third kappa shape index (κ3) is 5.22. The van der Waals surface area contributed by atoms with Crippen molar-refractivity contribution in [1.82, 2.24) is 0 Å². The average molecular weight is 358 g/mol. The summed E-state index contributed by atoms with van der Waals surface area (Å²) in [6.07, 6.45) is 2.10. The van der Waals surface area contributed by atoms with Crippen LogP contribution in [0.25, 0.3) is 0 Å². The summed E-state index contributed by atoms with van der Waals surface area (Å²) in [6.45, 7) is 0.560. The molecule has 6 heteroatoms. The van der Waals surface area contributed by atoms with Crippen LogP contribution in [-0.4, -0.2) is 24.6 Å². The van der Waals surface area contributed by atoms with E-state index in [-0.39, 0.29) is 18.0 Å². The molecule has 3 N–H and O–H groups in total. The van der Waals surface area contributed by atoms with Crippen LogP contribution in [0.3, 0.4) is 0 Å². The Morgan fingerprint density at radius 1 is 1.16 bits per heavy atom. The summed E-state index contributed by atoms with van der Waals surface area (Å²) >= 11 is 5.85. The van der Waals surface area contributed by atoms with Crippen molar-refractivity contribution in [1.29, 1.82) is 0 Å². The number of aryl methyl sites for hydroxylation is 1. The lowest BCUT2D eigenvalue weighted by Crippen LogP contribution is -2.14. The molecule has 0 aliphatic carbocycles. The van der Waals surface area contributed by atoms with Gasteiger partial charge in [-0.2, -0.15) is 0 Å². The second-order valence-electron chi connectivity index (χ2n) is 6.02. The van der Waals surface area contributed by atoms with Crippen LogP contribution in [0.15, 0.2) is 53.5 Å². The molecule has 0 saturated carbocycles. The molecule has 2 aromatic rings. The minimum atomic E-state index is -0.0528. The number of anilines is 1. The van der Waals surface area contributed by atoms with E-state index in [4.69, 9.17) is 22.1 Å². The molecule has 5 nitrogen and oxygen atoms in total. The largest absolute Gasteiger partial charge is 0.463 e. The van der Waals surface area contributed by atoms with Gasteiger partial charge in [0.1, 0.15) is 6.61 Å². The van der Waals surface area contributed by atoms with E-state index >= 15 is 0 Å². The summed E-state index contributed by atoms with van der Waals surface area (Å²) in [5.74, 6) is -0.0528. The molecule has 0 bridgehead atoms. The molecule has 2 aromatic carbocycles. The molecule has 0 fully saturated rings. The number of carbonyl (C=O) groups excluding carboxylic acids is 1. The Balaban J connectivity index is 1.48. The number of rotatable bonds is 6. The Morgan fingerprint density at radius 3 is 2.48 bits per heavy atom. The van der Waals surface area contributed by atoms with Gasteiger partial charge in [0.15, 0.2) is 0 Å². The first-order chi connectivity index (χ1) is 12.1. The average Bonchev–Trinajstić information content (AvgIpc) is 3.02. The third-order valence-corrected chi connectivity index (χ3v) is 4.27. The fourth-order valence-electron chi connectivity index (χ4n) is 2.66. The Morgan fingerprint density at radius 2 is 1.84 bits per heavy atom. The van der Waals surface area contributed by atoms with Crippen LogP contribution in [0.4, 0.5) is 5.69 Å². The second kappa shape index (κ2) is 8.03. The lowest BCUT2D eigenvalue weighted by Gasteiger charge is -2.08. The van der Waals surface area contributed by atoms with Gasteiger partial charge in [-0.1, -0.05) is 35.9 Å². The molecule has 25 heavy (non-hydrogen) atoms. The lowest BCUT2D eigenvalue weighted by atomic mass is 10.1. The number of halogens is 1. The molecule has 1 aliphatic rings. The number of hydrogen-bond acceptors (Lipinski definition) is 4. The van der Waals surface area contributed by atoms with Crippen LogP contribution < -0.4 is 11.1 Å². The molecule has 1 amide bonds. The highest BCUT2D eigenvalue weighted by Crippen LogP contribution is 2.15. The summed E-state index contributed by atoms with van der Waals surface area (Å²) in [5, 5.41) is 3.57.